The molecule has 1 aromatic heterocycles. The lowest BCUT2D eigenvalue weighted by Crippen LogP contribution is -2.11. The summed E-state index contributed by atoms with van der Waals surface area (Å²) in [6.07, 6.45) is 0. The van der Waals surface area contributed by atoms with Gasteiger partial charge in [0.15, 0.2) is 0 Å². The molecule has 0 radical (unpaired) electrons. The van der Waals surface area contributed by atoms with Crippen LogP contribution in [0.25, 0.3) is 22.3 Å². The molecule has 0 bridgehead atoms. The van der Waals surface area contributed by atoms with Crippen LogP contribution in [0.15, 0.2) is 52.9 Å². The Hall–Kier alpha value is -2.06. The number of furan rings is 1. The summed E-state index contributed by atoms with van der Waals surface area (Å²) in [7, 11) is 0. The van der Waals surface area contributed by atoms with E-state index in [9.17, 15) is 0 Å². The van der Waals surface area contributed by atoms with Gasteiger partial charge in [-0.2, -0.15) is 0 Å². The van der Waals surface area contributed by atoms with Gasteiger partial charge in [0.2, 0.25) is 0 Å². The number of rotatable bonds is 4. The molecule has 0 saturated heterocycles. The van der Waals surface area contributed by atoms with Crippen LogP contribution in [-0.2, 0) is 6.54 Å². The minimum absolute atomic E-state index is 0.914. The molecule has 3 aromatic rings. The zero-order chi connectivity index (χ0) is 13.9. The number of para-hydroxylation sites is 1. The highest BCUT2D eigenvalue weighted by Crippen LogP contribution is 2.30. The zero-order valence-electron chi connectivity index (χ0n) is 11.9. The molecule has 0 aliphatic carbocycles. The van der Waals surface area contributed by atoms with Crippen LogP contribution < -0.4 is 5.32 Å². The van der Waals surface area contributed by atoms with Crippen molar-refractivity contribution in [2.45, 2.75) is 20.4 Å². The van der Waals surface area contributed by atoms with Crippen molar-refractivity contribution in [3.63, 3.8) is 0 Å². The second-order valence-electron chi connectivity index (χ2n) is 5.08. The summed E-state index contributed by atoms with van der Waals surface area (Å²) in [5, 5.41) is 4.50. The summed E-state index contributed by atoms with van der Waals surface area (Å²) in [6.45, 7) is 6.16. The molecule has 102 valence electrons. The fourth-order valence-electron chi connectivity index (χ4n) is 2.50. The molecule has 0 saturated carbocycles. The van der Waals surface area contributed by atoms with Crippen molar-refractivity contribution in [3.05, 3.63) is 59.7 Å². The third kappa shape index (κ3) is 2.47. The molecule has 2 heteroatoms. The number of benzene rings is 2. The molecule has 0 atom stereocenters. The van der Waals surface area contributed by atoms with E-state index >= 15 is 0 Å². The van der Waals surface area contributed by atoms with Crippen molar-refractivity contribution in [3.8, 4) is 11.3 Å². The van der Waals surface area contributed by atoms with Gasteiger partial charge in [-0.15, -0.1) is 0 Å². The molecular formula is C18H19NO. The van der Waals surface area contributed by atoms with E-state index in [2.05, 4.69) is 49.5 Å². The van der Waals surface area contributed by atoms with Crippen molar-refractivity contribution in [1.29, 1.82) is 0 Å². The van der Waals surface area contributed by atoms with Crippen LogP contribution >= 0.6 is 0 Å². The molecule has 1 N–H and O–H groups in total. The quantitative estimate of drug-likeness (QED) is 0.750. The molecule has 0 aliphatic rings. The Labute approximate surface area is 119 Å². The monoisotopic (exact) mass is 265 g/mol. The lowest BCUT2D eigenvalue weighted by Gasteiger charge is -2.07. The first-order valence-electron chi connectivity index (χ1n) is 7.07. The number of nitrogens with one attached hydrogen (secondary N) is 1. The van der Waals surface area contributed by atoms with E-state index in [4.69, 9.17) is 4.42 Å². The van der Waals surface area contributed by atoms with Gasteiger partial charge in [-0.25, -0.2) is 0 Å². The van der Waals surface area contributed by atoms with Crippen LogP contribution in [0, 0.1) is 6.92 Å². The molecule has 0 fully saturated rings. The summed E-state index contributed by atoms with van der Waals surface area (Å²) < 4.78 is 5.94. The summed E-state index contributed by atoms with van der Waals surface area (Å²) in [4.78, 5) is 0. The van der Waals surface area contributed by atoms with Gasteiger partial charge in [-0.3, -0.25) is 0 Å². The summed E-state index contributed by atoms with van der Waals surface area (Å²) in [5.41, 5.74) is 4.67. The van der Waals surface area contributed by atoms with Gasteiger partial charge in [0, 0.05) is 17.5 Å². The molecule has 20 heavy (non-hydrogen) atoms. The second-order valence-corrected chi connectivity index (χ2v) is 5.08. The van der Waals surface area contributed by atoms with Crippen LogP contribution in [0.4, 0.5) is 0 Å². The van der Waals surface area contributed by atoms with Gasteiger partial charge in [0.1, 0.15) is 11.3 Å². The highest BCUT2D eigenvalue weighted by molar-refractivity contribution is 5.83. The standard InChI is InChI=1S/C18H19NO/c1-3-19-12-14-8-9-16(13(2)10-14)18-11-15-6-4-5-7-17(15)20-18/h4-11,19H,3,12H2,1-2H3. The van der Waals surface area contributed by atoms with Crippen LogP contribution in [0.3, 0.4) is 0 Å². The molecule has 0 unspecified atom stereocenters. The predicted molar refractivity (Wildman–Crippen MR) is 83.8 cm³/mol. The van der Waals surface area contributed by atoms with Crippen LogP contribution in [0.1, 0.15) is 18.1 Å². The lowest BCUT2D eigenvalue weighted by atomic mass is 10.0. The molecule has 1 heterocycles. The van der Waals surface area contributed by atoms with E-state index in [1.54, 1.807) is 0 Å². The van der Waals surface area contributed by atoms with Gasteiger partial charge in [-0.1, -0.05) is 43.3 Å². The fourth-order valence-corrected chi connectivity index (χ4v) is 2.50. The maximum absolute atomic E-state index is 5.94. The predicted octanol–water partition coefficient (Wildman–Crippen LogP) is 4.52. The minimum Gasteiger partial charge on any atom is -0.456 e. The molecule has 0 spiro atoms. The highest BCUT2D eigenvalue weighted by Gasteiger charge is 2.08. The van der Waals surface area contributed by atoms with Crippen molar-refractivity contribution in [2.75, 3.05) is 6.54 Å². The second kappa shape index (κ2) is 5.51. The van der Waals surface area contributed by atoms with E-state index in [0.717, 1.165) is 29.8 Å². The number of fused-ring (bicyclic) bond motifs is 1. The first-order valence-corrected chi connectivity index (χ1v) is 7.07. The van der Waals surface area contributed by atoms with Gasteiger partial charge >= 0.3 is 0 Å². The average Bonchev–Trinajstić information content (AvgIpc) is 2.88. The van der Waals surface area contributed by atoms with E-state index in [0.29, 0.717) is 0 Å². The summed E-state index contributed by atoms with van der Waals surface area (Å²) >= 11 is 0. The Kier molecular flexibility index (Phi) is 3.57. The third-order valence-corrected chi connectivity index (χ3v) is 3.56. The van der Waals surface area contributed by atoms with Crippen LogP contribution in [0.2, 0.25) is 0 Å². The molecule has 3 rings (SSSR count). The maximum Gasteiger partial charge on any atom is 0.135 e. The Balaban J connectivity index is 1.97. The Bertz CT molecular complexity index is 694. The third-order valence-electron chi connectivity index (χ3n) is 3.56. The molecular weight excluding hydrogens is 246 g/mol. The highest BCUT2D eigenvalue weighted by atomic mass is 16.3. The van der Waals surface area contributed by atoms with E-state index < -0.39 is 0 Å². The van der Waals surface area contributed by atoms with E-state index in [-0.39, 0.29) is 0 Å². The molecule has 0 aliphatic heterocycles. The van der Waals surface area contributed by atoms with E-state index in [1.807, 2.05) is 18.2 Å². The number of hydrogen-bond acceptors (Lipinski definition) is 2. The largest absolute Gasteiger partial charge is 0.456 e. The van der Waals surface area contributed by atoms with Crippen LogP contribution in [-0.4, -0.2) is 6.54 Å². The fraction of sp³-hybridized carbons (Fsp3) is 0.222. The maximum atomic E-state index is 5.94. The lowest BCUT2D eigenvalue weighted by molar-refractivity contribution is 0.631. The first-order chi connectivity index (χ1) is 9.78. The molecule has 0 amide bonds. The summed E-state index contributed by atoms with van der Waals surface area (Å²) in [6, 6.07) is 16.8. The van der Waals surface area contributed by atoms with Crippen molar-refractivity contribution >= 4 is 11.0 Å². The minimum atomic E-state index is 0.914. The Morgan fingerprint density at radius 3 is 2.65 bits per heavy atom. The SMILES string of the molecule is CCNCc1ccc(-c2cc3ccccc3o2)c(C)c1. The molecule has 2 nitrogen and oxygen atoms in total. The van der Waals surface area contributed by atoms with Crippen molar-refractivity contribution in [1.82, 2.24) is 5.32 Å². The Morgan fingerprint density at radius 2 is 1.90 bits per heavy atom. The van der Waals surface area contributed by atoms with Gasteiger partial charge in [0.05, 0.1) is 0 Å². The number of hydrogen-bond donors (Lipinski definition) is 1. The zero-order valence-corrected chi connectivity index (χ0v) is 11.9. The Morgan fingerprint density at radius 1 is 1.05 bits per heavy atom. The topological polar surface area (TPSA) is 25.2 Å². The number of aryl methyl sites for hydroxylation is 1. The van der Waals surface area contributed by atoms with E-state index in [1.165, 1.54) is 16.7 Å². The average molecular weight is 265 g/mol. The summed E-state index contributed by atoms with van der Waals surface area (Å²) in [5.74, 6) is 0.943. The van der Waals surface area contributed by atoms with Crippen LogP contribution in [0.5, 0.6) is 0 Å². The molecule has 2 aromatic carbocycles. The van der Waals surface area contributed by atoms with Gasteiger partial charge < -0.3 is 9.73 Å². The smallest absolute Gasteiger partial charge is 0.135 e. The van der Waals surface area contributed by atoms with Gasteiger partial charge in [-0.05, 0) is 36.7 Å². The van der Waals surface area contributed by atoms with Crippen molar-refractivity contribution < 1.29 is 4.42 Å². The normalized spacial score (nSPS) is 11.1. The van der Waals surface area contributed by atoms with Gasteiger partial charge in [0.25, 0.3) is 0 Å². The first kappa shape index (κ1) is 12.9. The van der Waals surface area contributed by atoms with Crippen molar-refractivity contribution in [2.24, 2.45) is 0 Å².